The summed E-state index contributed by atoms with van der Waals surface area (Å²) in [4.78, 5) is 59.0. The number of rotatable bonds is 7. The fourth-order valence-electron chi connectivity index (χ4n) is 7.07. The standard InChI is InChI=1S/C35H39N3O8/c1-44-25-16-14-24(15-17-25)37-20-9-18-35-30(33(42)38(19-7-8-21-39)31(35)34(37)43)29-27(46-35)12-5-6-13-28(40)45-22-26(36-32(29)41)23-10-3-2-4-11-23/h2-5,9-12,14-18,26-27,29-31,39H,6-8,13,19-22H2,1H3,(H,36,41)/b12-5-/t26-,27+,29-,30-,31+,35-/m1/s1. The van der Waals surface area contributed by atoms with E-state index in [1.54, 1.807) is 54.5 Å². The van der Waals surface area contributed by atoms with Crippen LogP contribution in [0.1, 0.15) is 37.3 Å². The van der Waals surface area contributed by atoms with Crippen LogP contribution in [0, 0.1) is 11.8 Å². The smallest absolute Gasteiger partial charge is 0.306 e. The van der Waals surface area contributed by atoms with Crippen LogP contribution in [0.4, 0.5) is 5.69 Å². The van der Waals surface area contributed by atoms with Crippen molar-refractivity contribution in [3.8, 4) is 5.75 Å². The number of carbonyl (C=O) groups excluding carboxylic acids is 4. The van der Waals surface area contributed by atoms with Gasteiger partial charge in [-0.1, -0.05) is 54.6 Å². The van der Waals surface area contributed by atoms with E-state index >= 15 is 0 Å². The molecule has 4 aliphatic rings. The zero-order chi connectivity index (χ0) is 32.3. The average Bonchev–Trinajstić information content (AvgIpc) is 3.45. The van der Waals surface area contributed by atoms with Gasteiger partial charge in [0.15, 0.2) is 0 Å². The van der Waals surface area contributed by atoms with Crippen molar-refractivity contribution in [2.24, 2.45) is 11.8 Å². The van der Waals surface area contributed by atoms with Crippen LogP contribution in [0.25, 0.3) is 0 Å². The molecule has 0 bridgehead atoms. The van der Waals surface area contributed by atoms with Crippen LogP contribution in [0.2, 0.25) is 0 Å². The molecule has 46 heavy (non-hydrogen) atoms. The number of amides is 3. The minimum Gasteiger partial charge on any atom is -0.497 e. The van der Waals surface area contributed by atoms with E-state index in [2.05, 4.69) is 5.32 Å². The number of ether oxygens (including phenoxy) is 3. The Morgan fingerprint density at radius 1 is 1.00 bits per heavy atom. The number of esters is 1. The van der Waals surface area contributed by atoms with E-state index in [0.29, 0.717) is 30.7 Å². The van der Waals surface area contributed by atoms with Crippen LogP contribution in [0.15, 0.2) is 78.9 Å². The molecule has 0 aliphatic carbocycles. The number of unbranched alkanes of at least 4 members (excludes halogenated alkanes) is 1. The first-order valence-corrected chi connectivity index (χ1v) is 15.8. The molecule has 0 unspecified atom stereocenters. The molecule has 242 valence electrons. The normalized spacial score (nSPS) is 30.3. The van der Waals surface area contributed by atoms with Crippen molar-refractivity contribution >= 4 is 29.4 Å². The van der Waals surface area contributed by atoms with Crippen LogP contribution in [-0.2, 0) is 28.7 Å². The van der Waals surface area contributed by atoms with Gasteiger partial charge < -0.3 is 34.4 Å². The number of methoxy groups -OCH3 is 1. The summed E-state index contributed by atoms with van der Waals surface area (Å²) in [6.45, 7) is 0.350. The fourth-order valence-corrected chi connectivity index (χ4v) is 7.07. The number of hydrogen-bond acceptors (Lipinski definition) is 8. The first-order valence-electron chi connectivity index (χ1n) is 15.8. The molecule has 0 aromatic heterocycles. The van der Waals surface area contributed by atoms with Gasteiger partial charge in [-0.05, 0) is 49.1 Å². The number of hydrogen-bond donors (Lipinski definition) is 2. The van der Waals surface area contributed by atoms with Gasteiger partial charge in [-0.25, -0.2) is 0 Å². The average molecular weight is 630 g/mol. The van der Waals surface area contributed by atoms with Crippen molar-refractivity contribution in [2.45, 2.75) is 49.5 Å². The molecule has 2 aromatic rings. The minimum atomic E-state index is -1.42. The first-order chi connectivity index (χ1) is 22.4. The predicted octanol–water partition coefficient (Wildman–Crippen LogP) is 2.70. The van der Waals surface area contributed by atoms with Crippen molar-refractivity contribution in [3.05, 3.63) is 84.5 Å². The molecule has 6 atom stereocenters. The summed E-state index contributed by atoms with van der Waals surface area (Å²) in [6, 6.07) is 14.6. The number of fused-ring (bicyclic) bond motifs is 2. The molecule has 2 aromatic carbocycles. The molecule has 2 N–H and O–H groups in total. The molecule has 3 amide bonds. The summed E-state index contributed by atoms with van der Waals surface area (Å²) in [7, 11) is 1.57. The third-order valence-corrected chi connectivity index (χ3v) is 9.26. The second-order valence-corrected chi connectivity index (χ2v) is 12.0. The number of anilines is 1. The number of nitrogens with zero attached hydrogens (tertiary/aromatic N) is 2. The van der Waals surface area contributed by atoms with Gasteiger partial charge in [0, 0.05) is 31.8 Å². The second kappa shape index (κ2) is 13.5. The number of allylic oxidation sites excluding steroid dienone is 1. The van der Waals surface area contributed by atoms with E-state index < -0.39 is 41.5 Å². The number of benzene rings is 2. The van der Waals surface area contributed by atoms with Crippen LogP contribution in [0.5, 0.6) is 5.75 Å². The highest BCUT2D eigenvalue weighted by Gasteiger charge is 2.71. The van der Waals surface area contributed by atoms with Crippen LogP contribution < -0.4 is 15.0 Å². The van der Waals surface area contributed by atoms with Crippen molar-refractivity contribution in [3.63, 3.8) is 0 Å². The van der Waals surface area contributed by atoms with E-state index in [1.807, 2.05) is 36.4 Å². The molecule has 2 saturated heterocycles. The van der Waals surface area contributed by atoms with Gasteiger partial charge in [0.25, 0.3) is 5.91 Å². The third-order valence-electron chi connectivity index (χ3n) is 9.26. The van der Waals surface area contributed by atoms with Gasteiger partial charge in [-0.15, -0.1) is 0 Å². The Kier molecular flexibility index (Phi) is 9.23. The quantitative estimate of drug-likeness (QED) is 0.271. The highest BCUT2D eigenvalue weighted by Crippen LogP contribution is 2.53. The highest BCUT2D eigenvalue weighted by molar-refractivity contribution is 6.05. The van der Waals surface area contributed by atoms with E-state index in [1.165, 1.54) is 4.90 Å². The zero-order valence-electron chi connectivity index (χ0n) is 25.7. The van der Waals surface area contributed by atoms with Crippen molar-refractivity contribution < 1.29 is 38.5 Å². The molecular formula is C35H39N3O8. The molecule has 0 radical (unpaired) electrons. The fraction of sp³-hybridized carbons (Fsp3) is 0.429. The topological polar surface area (TPSA) is 135 Å². The SMILES string of the molecule is COc1ccc(N2CC=C[C@@]34O[C@H]5/C=C\CCC(=O)OC[C@H](c6ccccc6)NC(=O)[C@H]5[C@@H]3C(=O)N(CCCCO)[C@H]4C2=O)cc1. The number of carbonyl (C=O) groups is 4. The highest BCUT2D eigenvalue weighted by atomic mass is 16.5. The zero-order valence-corrected chi connectivity index (χ0v) is 25.7. The summed E-state index contributed by atoms with van der Waals surface area (Å²) >= 11 is 0. The Hall–Kier alpha value is -4.48. The lowest BCUT2D eigenvalue weighted by atomic mass is 9.77. The summed E-state index contributed by atoms with van der Waals surface area (Å²) in [6.07, 6.45) is 7.73. The van der Waals surface area contributed by atoms with Crippen molar-refractivity contribution in [1.82, 2.24) is 10.2 Å². The van der Waals surface area contributed by atoms with Crippen LogP contribution >= 0.6 is 0 Å². The molecule has 11 heteroatoms. The van der Waals surface area contributed by atoms with E-state index in [0.717, 1.165) is 5.56 Å². The summed E-state index contributed by atoms with van der Waals surface area (Å²) in [5, 5.41) is 12.5. The molecule has 4 aliphatic heterocycles. The predicted molar refractivity (Wildman–Crippen MR) is 168 cm³/mol. The number of aliphatic hydroxyl groups excluding tert-OH is 1. The minimum absolute atomic E-state index is 0.0487. The molecule has 0 saturated carbocycles. The van der Waals surface area contributed by atoms with Gasteiger partial charge in [0.1, 0.15) is 24.0 Å². The monoisotopic (exact) mass is 629 g/mol. The second-order valence-electron chi connectivity index (χ2n) is 12.0. The molecule has 2 fully saturated rings. The van der Waals surface area contributed by atoms with Crippen molar-refractivity contribution in [2.75, 3.05) is 38.3 Å². The Bertz CT molecular complexity index is 1510. The van der Waals surface area contributed by atoms with Gasteiger partial charge in [-0.2, -0.15) is 0 Å². The summed E-state index contributed by atoms with van der Waals surface area (Å²) in [5.74, 6) is -2.78. The molecular weight excluding hydrogens is 590 g/mol. The van der Waals surface area contributed by atoms with E-state index in [4.69, 9.17) is 14.2 Å². The lowest BCUT2D eigenvalue weighted by Gasteiger charge is -2.35. The summed E-state index contributed by atoms with van der Waals surface area (Å²) < 4.78 is 17.6. The van der Waals surface area contributed by atoms with Gasteiger partial charge >= 0.3 is 5.97 Å². The lowest BCUT2D eigenvalue weighted by Crippen LogP contribution is -2.55. The lowest BCUT2D eigenvalue weighted by molar-refractivity contribution is -0.146. The van der Waals surface area contributed by atoms with Crippen LogP contribution in [-0.4, -0.2) is 84.9 Å². The maximum Gasteiger partial charge on any atom is 0.306 e. The van der Waals surface area contributed by atoms with Gasteiger partial charge in [-0.3, -0.25) is 19.2 Å². The van der Waals surface area contributed by atoms with Gasteiger partial charge in [0.05, 0.1) is 31.1 Å². The van der Waals surface area contributed by atoms with Gasteiger partial charge in [0.2, 0.25) is 11.8 Å². The number of cyclic esters (lactones) is 1. The molecule has 1 spiro atoms. The Morgan fingerprint density at radius 3 is 2.52 bits per heavy atom. The number of likely N-dealkylation sites (tertiary alicyclic amines) is 1. The largest absolute Gasteiger partial charge is 0.497 e. The van der Waals surface area contributed by atoms with Crippen LogP contribution in [0.3, 0.4) is 0 Å². The molecule has 4 heterocycles. The number of aliphatic hydroxyl groups is 1. The molecule has 11 nitrogen and oxygen atoms in total. The number of nitrogens with one attached hydrogen (secondary N) is 1. The maximum atomic E-state index is 14.6. The maximum absolute atomic E-state index is 14.6. The first kappa shape index (κ1) is 31.5. The third kappa shape index (κ3) is 5.80. The van der Waals surface area contributed by atoms with Crippen molar-refractivity contribution in [1.29, 1.82) is 0 Å². The summed E-state index contributed by atoms with van der Waals surface area (Å²) in [5.41, 5.74) is -0.0288. The van der Waals surface area contributed by atoms with E-state index in [9.17, 15) is 24.3 Å². The van der Waals surface area contributed by atoms with E-state index in [-0.39, 0.29) is 50.5 Å². The Balaban J connectivity index is 1.41. The molecule has 6 rings (SSSR count). The Labute approximate surface area is 267 Å². The Morgan fingerprint density at radius 2 is 1.78 bits per heavy atom.